The third-order valence-corrected chi connectivity index (χ3v) is 3.24. The van der Waals surface area contributed by atoms with Crippen LogP contribution in [0.1, 0.15) is 33.6 Å². The predicted octanol–water partition coefficient (Wildman–Crippen LogP) is 2.05. The molecule has 4 unspecified atom stereocenters. The quantitative estimate of drug-likeness (QED) is 0.723. The van der Waals surface area contributed by atoms with Crippen LogP contribution in [-0.4, -0.2) is 25.8 Å². The molecule has 78 valence electrons. The Morgan fingerprint density at radius 3 is 2.77 bits per heavy atom. The van der Waals surface area contributed by atoms with E-state index in [-0.39, 0.29) is 0 Å². The van der Waals surface area contributed by atoms with E-state index < -0.39 is 0 Å². The number of hydrogen-bond acceptors (Lipinski definition) is 2. The maximum Gasteiger partial charge on any atom is 0.0491 e. The molecule has 0 saturated carbocycles. The molecule has 1 saturated heterocycles. The van der Waals surface area contributed by atoms with Gasteiger partial charge in [-0.3, -0.25) is 0 Å². The molecule has 13 heavy (non-hydrogen) atoms. The van der Waals surface area contributed by atoms with Gasteiger partial charge in [0.2, 0.25) is 0 Å². The Bertz CT molecular complexity index is 149. The van der Waals surface area contributed by atoms with Crippen LogP contribution in [0, 0.1) is 11.8 Å². The van der Waals surface area contributed by atoms with Crippen molar-refractivity contribution >= 4 is 0 Å². The lowest BCUT2D eigenvalue weighted by molar-refractivity contribution is 0.123. The van der Waals surface area contributed by atoms with E-state index in [1.54, 1.807) is 7.11 Å². The molecule has 0 aromatic rings. The first-order chi connectivity index (χ1) is 6.19. The largest absolute Gasteiger partial charge is 0.384 e. The van der Waals surface area contributed by atoms with E-state index in [0.29, 0.717) is 18.0 Å². The zero-order chi connectivity index (χ0) is 9.84. The molecule has 0 bridgehead atoms. The molecule has 2 heteroatoms. The third-order valence-electron chi connectivity index (χ3n) is 3.24. The molecule has 1 fully saturated rings. The third kappa shape index (κ3) is 2.68. The molecule has 0 amide bonds. The first-order valence-electron chi connectivity index (χ1n) is 5.44. The lowest BCUT2D eigenvalue weighted by Gasteiger charge is -2.23. The Balaban J connectivity index is 2.46. The van der Waals surface area contributed by atoms with Crippen LogP contribution in [0.25, 0.3) is 0 Å². The lowest BCUT2D eigenvalue weighted by Crippen LogP contribution is -2.32. The van der Waals surface area contributed by atoms with Crippen molar-refractivity contribution in [2.75, 3.05) is 13.7 Å². The summed E-state index contributed by atoms with van der Waals surface area (Å²) in [4.78, 5) is 0. The van der Waals surface area contributed by atoms with E-state index in [2.05, 4.69) is 26.1 Å². The highest BCUT2D eigenvalue weighted by molar-refractivity contribution is 4.90. The Labute approximate surface area is 82.0 Å². The topological polar surface area (TPSA) is 21.3 Å². The Kier molecular flexibility index (Phi) is 4.20. The number of methoxy groups -OCH3 is 1. The molecule has 0 aromatic carbocycles. The van der Waals surface area contributed by atoms with Crippen molar-refractivity contribution in [3.63, 3.8) is 0 Å². The second-order valence-electron chi connectivity index (χ2n) is 4.41. The lowest BCUT2D eigenvalue weighted by atomic mass is 9.86. The van der Waals surface area contributed by atoms with Crippen molar-refractivity contribution in [1.82, 2.24) is 5.32 Å². The van der Waals surface area contributed by atoms with Crippen molar-refractivity contribution in [1.29, 1.82) is 0 Å². The van der Waals surface area contributed by atoms with Gasteiger partial charge in [-0.1, -0.05) is 13.8 Å². The molecule has 1 rings (SSSR count). The fourth-order valence-corrected chi connectivity index (χ4v) is 2.57. The van der Waals surface area contributed by atoms with Crippen molar-refractivity contribution in [3.8, 4) is 0 Å². The van der Waals surface area contributed by atoms with Gasteiger partial charge in [-0.2, -0.15) is 0 Å². The van der Waals surface area contributed by atoms with E-state index in [4.69, 9.17) is 4.74 Å². The fraction of sp³-hybridized carbons (Fsp3) is 1.00. The number of ether oxygens (including phenoxy) is 1. The molecule has 1 N–H and O–H groups in total. The van der Waals surface area contributed by atoms with Gasteiger partial charge >= 0.3 is 0 Å². The van der Waals surface area contributed by atoms with E-state index in [1.165, 1.54) is 12.8 Å². The Morgan fingerprint density at radius 1 is 1.54 bits per heavy atom. The van der Waals surface area contributed by atoms with Crippen LogP contribution in [0.5, 0.6) is 0 Å². The summed E-state index contributed by atoms with van der Waals surface area (Å²) in [5.41, 5.74) is 0. The first kappa shape index (κ1) is 11.0. The molecule has 4 atom stereocenters. The summed E-state index contributed by atoms with van der Waals surface area (Å²) in [6, 6.07) is 1.40. The minimum absolute atomic E-state index is 0.687. The van der Waals surface area contributed by atoms with Crippen LogP contribution in [0.4, 0.5) is 0 Å². The van der Waals surface area contributed by atoms with E-state index in [0.717, 1.165) is 12.5 Å². The summed E-state index contributed by atoms with van der Waals surface area (Å²) < 4.78 is 5.22. The highest BCUT2D eigenvalue weighted by atomic mass is 16.5. The van der Waals surface area contributed by atoms with Crippen molar-refractivity contribution in [2.45, 2.75) is 45.7 Å². The summed E-state index contributed by atoms with van der Waals surface area (Å²) in [7, 11) is 1.79. The maximum absolute atomic E-state index is 5.22. The zero-order valence-electron chi connectivity index (χ0n) is 9.34. The second kappa shape index (κ2) is 4.97. The van der Waals surface area contributed by atoms with Gasteiger partial charge in [0, 0.05) is 25.8 Å². The average molecular weight is 185 g/mol. The summed E-state index contributed by atoms with van der Waals surface area (Å²) in [6.07, 6.45) is 2.55. The monoisotopic (exact) mass is 185 g/mol. The Morgan fingerprint density at radius 2 is 2.23 bits per heavy atom. The van der Waals surface area contributed by atoms with Gasteiger partial charge in [0.15, 0.2) is 0 Å². The standard InChI is InChI=1S/C11H23NO/c1-5-11-10(6-9(3)12-11)8(2)7-13-4/h8-12H,5-7H2,1-4H3. The summed E-state index contributed by atoms with van der Waals surface area (Å²) >= 11 is 0. The fourth-order valence-electron chi connectivity index (χ4n) is 2.57. The predicted molar refractivity (Wildman–Crippen MR) is 55.8 cm³/mol. The van der Waals surface area contributed by atoms with E-state index >= 15 is 0 Å². The normalized spacial score (nSPS) is 36.5. The molecular weight excluding hydrogens is 162 g/mol. The smallest absolute Gasteiger partial charge is 0.0491 e. The highest BCUT2D eigenvalue weighted by Crippen LogP contribution is 2.29. The molecule has 0 aromatic heterocycles. The summed E-state index contributed by atoms with van der Waals surface area (Å²) in [5, 5.41) is 3.64. The van der Waals surface area contributed by atoms with Crippen LogP contribution in [-0.2, 0) is 4.74 Å². The SMILES string of the molecule is CCC1NC(C)CC1C(C)COC. The van der Waals surface area contributed by atoms with Crippen molar-refractivity contribution < 1.29 is 4.74 Å². The van der Waals surface area contributed by atoms with Crippen LogP contribution < -0.4 is 5.32 Å². The molecule has 1 aliphatic heterocycles. The van der Waals surface area contributed by atoms with Gasteiger partial charge in [0.1, 0.15) is 0 Å². The minimum atomic E-state index is 0.687. The maximum atomic E-state index is 5.22. The van der Waals surface area contributed by atoms with Crippen molar-refractivity contribution in [2.24, 2.45) is 11.8 Å². The zero-order valence-corrected chi connectivity index (χ0v) is 9.34. The first-order valence-corrected chi connectivity index (χ1v) is 5.44. The molecule has 2 nitrogen and oxygen atoms in total. The van der Waals surface area contributed by atoms with Gasteiger partial charge < -0.3 is 10.1 Å². The Hall–Kier alpha value is -0.0800. The van der Waals surface area contributed by atoms with Gasteiger partial charge in [0.05, 0.1) is 0 Å². The molecule has 0 radical (unpaired) electrons. The number of hydrogen-bond donors (Lipinski definition) is 1. The average Bonchev–Trinajstić information content (AvgIpc) is 2.47. The molecular formula is C11H23NO. The minimum Gasteiger partial charge on any atom is -0.384 e. The van der Waals surface area contributed by atoms with Gasteiger partial charge in [-0.15, -0.1) is 0 Å². The van der Waals surface area contributed by atoms with Crippen LogP contribution in [0.2, 0.25) is 0 Å². The van der Waals surface area contributed by atoms with Crippen molar-refractivity contribution in [3.05, 3.63) is 0 Å². The number of nitrogens with one attached hydrogen (secondary N) is 1. The second-order valence-corrected chi connectivity index (χ2v) is 4.41. The molecule has 1 aliphatic rings. The van der Waals surface area contributed by atoms with Gasteiger partial charge in [0.25, 0.3) is 0 Å². The van der Waals surface area contributed by atoms with Gasteiger partial charge in [-0.25, -0.2) is 0 Å². The van der Waals surface area contributed by atoms with Crippen LogP contribution in [0.3, 0.4) is 0 Å². The van der Waals surface area contributed by atoms with E-state index in [9.17, 15) is 0 Å². The number of rotatable bonds is 4. The molecule has 1 heterocycles. The highest BCUT2D eigenvalue weighted by Gasteiger charge is 2.33. The molecule has 0 spiro atoms. The van der Waals surface area contributed by atoms with Crippen LogP contribution in [0.15, 0.2) is 0 Å². The van der Waals surface area contributed by atoms with E-state index in [1.807, 2.05) is 0 Å². The van der Waals surface area contributed by atoms with Gasteiger partial charge in [-0.05, 0) is 31.6 Å². The van der Waals surface area contributed by atoms with Crippen LogP contribution >= 0.6 is 0 Å². The molecule has 0 aliphatic carbocycles. The summed E-state index contributed by atoms with van der Waals surface area (Å²) in [6.45, 7) is 7.75. The summed E-state index contributed by atoms with van der Waals surface area (Å²) in [5.74, 6) is 1.49.